The van der Waals surface area contributed by atoms with Crippen molar-refractivity contribution in [1.82, 2.24) is 0 Å². The second-order valence-electron chi connectivity index (χ2n) is 6.35. The van der Waals surface area contributed by atoms with Crippen molar-refractivity contribution >= 4 is 0 Å². The number of hydrogen-bond donors (Lipinski definition) is 0. The Bertz CT molecular complexity index is 146. The van der Waals surface area contributed by atoms with Crippen LogP contribution in [0.2, 0.25) is 0 Å². The van der Waals surface area contributed by atoms with Gasteiger partial charge < -0.3 is 30.6 Å². The molecule has 6 nitrogen and oxygen atoms in total. The van der Waals surface area contributed by atoms with Crippen LogP contribution < -0.4 is 230 Å². The van der Waals surface area contributed by atoms with E-state index in [1.807, 2.05) is 41.5 Å². The Balaban J connectivity index is -0.0000000186. The summed E-state index contributed by atoms with van der Waals surface area (Å²) in [4.78, 5) is 0. The molecular formula is C24H54K2Li2Na2O6. The summed E-state index contributed by atoms with van der Waals surface area (Å²) in [5, 5.41) is 57.2. The topological polar surface area (TPSA) is 138 Å². The molecule has 0 saturated carbocycles. The van der Waals surface area contributed by atoms with Crippen molar-refractivity contribution in [3.63, 3.8) is 0 Å². The van der Waals surface area contributed by atoms with Crippen LogP contribution in [-0.2, 0) is 0 Å². The predicted molar refractivity (Wildman–Crippen MR) is 119 cm³/mol. The molecule has 0 fully saturated rings. The van der Waals surface area contributed by atoms with Gasteiger partial charge in [0.05, 0.1) is 0 Å². The first-order valence-corrected chi connectivity index (χ1v) is 12.0. The van der Waals surface area contributed by atoms with Gasteiger partial charge in [-0.15, -0.1) is 39.6 Å². The minimum absolute atomic E-state index is 0. The molecule has 0 N–H and O–H groups in total. The van der Waals surface area contributed by atoms with E-state index in [-0.39, 0.29) is 239 Å². The van der Waals surface area contributed by atoms with E-state index in [1.165, 1.54) is 0 Å². The maximum absolute atomic E-state index is 9.53. The van der Waals surface area contributed by atoms with Crippen molar-refractivity contribution in [2.75, 3.05) is 39.6 Å². The van der Waals surface area contributed by atoms with Gasteiger partial charge in [0.2, 0.25) is 0 Å². The Morgan fingerprint density at radius 1 is 0.306 bits per heavy atom. The average Bonchev–Trinajstić information content (AvgIpc) is 2.74. The zero-order valence-electron chi connectivity index (χ0n) is 27.2. The van der Waals surface area contributed by atoms with E-state index in [0.29, 0.717) is 0 Å². The summed E-state index contributed by atoms with van der Waals surface area (Å²) in [7, 11) is 0. The molecule has 0 spiro atoms. The quantitative estimate of drug-likeness (QED) is 0.212. The van der Waals surface area contributed by atoms with Crippen LogP contribution in [0.1, 0.15) is 119 Å². The summed E-state index contributed by atoms with van der Waals surface area (Å²) >= 11 is 0. The monoisotopic (exact) mass is 576 g/mol. The zero-order chi connectivity index (χ0) is 24.7. The van der Waals surface area contributed by atoms with Gasteiger partial charge in [0.25, 0.3) is 0 Å². The van der Waals surface area contributed by atoms with E-state index in [9.17, 15) is 30.6 Å². The third kappa shape index (κ3) is 186. The van der Waals surface area contributed by atoms with Gasteiger partial charge >= 0.3 is 200 Å². The van der Waals surface area contributed by atoms with E-state index in [0.717, 1.165) is 77.0 Å². The second-order valence-corrected chi connectivity index (χ2v) is 6.35. The van der Waals surface area contributed by atoms with Gasteiger partial charge in [-0.25, -0.2) is 0 Å². The Morgan fingerprint density at radius 3 is 0.389 bits per heavy atom. The SMILES string of the molecule is CCCC[O-].CCCC[O-].CCCC[O-].CCCC[O-].CCCC[O-].CCCC[O-].[K+].[K+].[Li+].[Li+].[Na+].[Na+]. The molecule has 0 aliphatic carbocycles. The van der Waals surface area contributed by atoms with Crippen LogP contribution in [0.25, 0.3) is 0 Å². The van der Waals surface area contributed by atoms with Gasteiger partial charge in [-0.3, -0.25) is 0 Å². The average molecular weight is 577 g/mol. The fourth-order valence-corrected chi connectivity index (χ4v) is 0.866. The van der Waals surface area contributed by atoms with Gasteiger partial charge in [0, 0.05) is 0 Å². The molecule has 0 rings (SSSR count). The smallest absolute Gasteiger partial charge is 0.854 e. The minimum Gasteiger partial charge on any atom is -0.854 e. The molecule has 0 heterocycles. The molecule has 0 unspecified atom stereocenters. The summed E-state index contributed by atoms with van der Waals surface area (Å²) in [5.74, 6) is 0. The van der Waals surface area contributed by atoms with E-state index in [2.05, 4.69) is 0 Å². The predicted octanol–water partition coefficient (Wildman–Crippen LogP) is -17.1. The molecular weight excluding hydrogens is 522 g/mol. The molecule has 36 heavy (non-hydrogen) atoms. The number of rotatable bonds is 12. The Labute approximate surface area is 380 Å². The van der Waals surface area contributed by atoms with E-state index in [4.69, 9.17) is 0 Å². The van der Waals surface area contributed by atoms with Gasteiger partial charge in [0.15, 0.2) is 0 Å². The van der Waals surface area contributed by atoms with Crippen LogP contribution >= 0.6 is 0 Å². The van der Waals surface area contributed by atoms with Crippen LogP contribution in [0.3, 0.4) is 0 Å². The number of unbranched alkanes of at least 4 members (excludes halogenated alkanes) is 6. The van der Waals surface area contributed by atoms with Crippen LogP contribution in [0.5, 0.6) is 0 Å². The van der Waals surface area contributed by atoms with Gasteiger partial charge in [-0.05, 0) is 0 Å². The minimum atomic E-state index is 0. The second kappa shape index (κ2) is 114. The maximum Gasteiger partial charge on any atom is 1.00 e. The van der Waals surface area contributed by atoms with Crippen molar-refractivity contribution in [2.45, 2.75) is 119 Å². The van der Waals surface area contributed by atoms with Crippen LogP contribution in [0.4, 0.5) is 0 Å². The first kappa shape index (κ1) is 78.6. The fourth-order valence-electron chi connectivity index (χ4n) is 0.866. The standard InChI is InChI=1S/6C4H9O.2K.2Li.2Na/c6*1-2-3-4-5;;;;;;/h6*2-4H2,1H3;;;;;;/q6*-1;6*+1. The Morgan fingerprint density at radius 2 is 0.389 bits per heavy atom. The summed E-state index contributed by atoms with van der Waals surface area (Å²) in [6, 6.07) is 0. The fraction of sp³-hybridized carbons (Fsp3) is 1.00. The Hall–Kier alpha value is 6.23. The molecule has 0 atom stereocenters. The van der Waals surface area contributed by atoms with Crippen LogP contribution in [0.15, 0.2) is 0 Å². The molecule has 0 saturated heterocycles. The molecule has 0 aliphatic rings. The molecule has 192 valence electrons. The van der Waals surface area contributed by atoms with E-state index >= 15 is 0 Å². The molecule has 0 aromatic rings. The molecule has 12 heteroatoms. The normalized spacial score (nSPS) is 7.00. The Kier molecular flexibility index (Phi) is 248. The van der Waals surface area contributed by atoms with E-state index < -0.39 is 0 Å². The summed E-state index contributed by atoms with van der Waals surface area (Å²) in [5.41, 5.74) is 0. The largest absolute Gasteiger partial charge is 1.00 e. The molecule has 0 amide bonds. The number of hydrogen-bond acceptors (Lipinski definition) is 6. The first-order chi connectivity index (χ1) is 14.5. The zero-order valence-corrected chi connectivity index (χ0v) is 37.4. The third-order valence-corrected chi connectivity index (χ3v) is 2.99. The van der Waals surface area contributed by atoms with E-state index in [1.54, 1.807) is 0 Å². The molecule has 0 aromatic heterocycles. The maximum atomic E-state index is 9.53. The van der Waals surface area contributed by atoms with Gasteiger partial charge in [-0.2, -0.15) is 0 Å². The van der Waals surface area contributed by atoms with Gasteiger partial charge in [-0.1, -0.05) is 119 Å². The van der Waals surface area contributed by atoms with Crippen molar-refractivity contribution in [3.05, 3.63) is 0 Å². The van der Waals surface area contributed by atoms with Crippen molar-refractivity contribution in [1.29, 1.82) is 0 Å². The van der Waals surface area contributed by atoms with Gasteiger partial charge in [0.1, 0.15) is 0 Å². The molecule has 0 bridgehead atoms. The summed E-state index contributed by atoms with van der Waals surface area (Å²) in [6.45, 7) is 12.6. The van der Waals surface area contributed by atoms with Crippen molar-refractivity contribution in [3.8, 4) is 0 Å². The summed E-state index contributed by atoms with van der Waals surface area (Å²) < 4.78 is 0. The van der Waals surface area contributed by atoms with Crippen LogP contribution in [0, 0.1) is 0 Å². The molecule has 0 aromatic carbocycles. The molecule has 0 aliphatic heterocycles. The van der Waals surface area contributed by atoms with Crippen molar-refractivity contribution < 1.29 is 230 Å². The first-order valence-electron chi connectivity index (χ1n) is 12.0. The van der Waals surface area contributed by atoms with Crippen LogP contribution in [-0.4, -0.2) is 39.6 Å². The third-order valence-electron chi connectivity index (χ3n) is 2.99. The van der Waals surface area contributed by atoms with Crippen molar-refractivity contribution in [2.24, 2.45) is 0 Å². The summed E-state index contributed by atoms with van der Waals surface area (Å²) in [6.07, 6.45) is 11.2. The molecule has 0 radical (unpaired) electrons.